The maximum Gasteiger partial charge on any atom is 0.0405 e. The number of pyridine rings is 1. The zero-order valence-corrected chi connectivity index (χ0v) is 14.8. The molecule has 0 N–H and O–H groups in total. The first kappa shape index (κ1) is 15.6. The maximum absolute atomic E-state index is 4.14. The van der Waals surface area contributed by atoms with Crippen molar-refractivity contribution in [3.05, 3.63) is 59.4 Å². The summed E-state index contributed by atoms with van der Waals surface area (Å²) >= 11 is 0. The largest absolute Gasteiger partial charge is 0.367 e. The SMILES string of the molecule is Cc1ccc2c(c1)[C@@H]1CN(C)CCC[C@@H]1N2CCc1ccncc1. The molecule has 2 aliphatic heterocycles. The topological polar surface area (TPSA) is 19.4 Å². The zero-order chi connectivity index (χ0) is 16.5. The number of anilines is 1. The molecule has 2 atom stereocenters. The molecule has 2 aliphatic rings. The van der Waals surface area contributed by atoms with Gasteiger partial charge in [0.1, 0.15) is 0 Å². The highest BCUT2D eigenvalue weighted by Crippen LogP contribution is 2.44. The van der Waals surface area contributed by atoms with Gasteiger partial charge in [-0.2, -0.15) is 0 Å². The number of hydrogen-bond acceptors (Lipinski definition) is 3. The van der Waals surface area contributed by atoms with Crippen molar-refractivity contribution in [2.24, 2.45) is 0 Å². The molecule has 3 heteroatoms. The Bertz CT molecular complexity index is 697. The van der Waals surface area contributed by atoms with E-state index in [0.29, 0.717) is 12.0 Å². The predicted molar refractivity (Wildman–Crippen MR) is 99.7 cm³/mol. The number of rotatable bonds is 3. The molecule has 2 aromatic rings. The minimum atomic E-state index is 0.657. The van der Waals surface area contributed by atoms with Crippen molar-refractivity contribution in [2.75, 3.05) is 31.6 Å². The van der Waals surface area contributed by atoms with E-state index in [1.807, 2.05) is 12.4 Å². The Labute approximate surface area is 145 Å². The summed E-state index contributed by atoms with van der Waals surface area (Å²) in [6.07, 6.45) is 7.50. The second-order valence-corrected chi connectivity index (χ2v) is 7.44. The summed E-state index contributed by atoms with van der Waals surface area (Å²) in [7, 11) is 2.28. The second kappa shape index (κ2) is 6.56. The first-order valence-corrected chi connectivity index (χ1v) is 9.17. The van der Waals surface area contributed by atoms with E-state index < -0.39 is 0 Å². The number of aromatic nitrogens is 1. The van der Waals surface area contributed by atoms with E-state index in [0.717, 1.165) is 13.0 Å². The van der Waals surface area contributed by atoms with Crippen LogP contribution in [0.25, 0.3) is 0 Å². The van der Waals surface area contributed by atoms with Gasteiger partial charge >= 0.3 is 0 Å². The lowest BCUT2D eigenvalue weighted by Gasteiger charge is -2.29. The summed E-state index contributed by atoms with van der Waals surface area (Å²) in [6, 6.07) is 12.0. The van der Waals surface area contributed by atoms with Crippen LogP contribution in [0.15, 0.2) is 42.7 Å². The van der Waals surface area contributed by atoms with Gasteiger partial charge in [0.05, 0.1) is 0 Å². The number of likely N-dealkylation sites (tertiary alicyclic amines) is 1. The van der Waals surface area contributed by atoms with Crippen LogP contribution in [0, 0.1) is 6.92 Å². The molecular formula is C21H27N3. The minimum Gasteiger partial charge on any atom is -0.367 e. The third-order valence-electron chi connectivity index (χ3n) is 5.70. The van der Waals surface area contributed by atoms with Gasteiger partial charge in [0.2, 0.25) is 0 Å². The van der Waals surface area contributed by atoms with Gasteiger partial charge in [-0.3, -0.25) is 4.98 Å². The highest BCUT2D eigenvalue weighted by Gasteiger charge is 2.39. The lowest BCUT2D eigenvalue weighted by molar-refractivity contribution is 0.330. The number of nitrogens with zero attached hydrogens (tertiary/aromatic N) is 3. The molecule has 1 aromatic carbocycles. The fraction of sp³-hybridized carbons (Fsp3) is 0.476. The Kier molecular flexibility index (Phi) is 4.28. The molecule has 1 saturated heterocycles. The van der Waals surface area contributed by atoms with Gasteiger partial charge in [0.25, 0.3) is 0 Å². The van der Waals surface area contributed by atoms with E-state index in [9.17, 15) is 0 Å². The molecule has 0 spiro atoms. The standard InChI is InChI=1S/C21H27N3/c1-16-5-6-21-18(14-16)19-15-23(2)12-3-4-20(19)24(21)13-9-17-7-10-22-11-8-17/h5-8,10-11,14,19-20H,3-4,9,12-13,15H2,1-2H3/t19-,20-/m0/s1. The molecule has 0 bridgehead atoms. The van der Waals surface area contributed by atoms with Crippen LogP contribution < -0.4 is 4.90 Å². The van der Waals surface area contributed by atoms with Gasteiger partial charge in [-0.05, 0) is 69.1 Å². The van der Waals surface area contributed by atoms with E-state index in [1.54, 1.807) is 5.56 Å². The lowest BCUT2D eigenvalue weighted by atomic mass is 9.92. The van der Waals surface area contributed by atoms with Gasteiger partial charge in [-0.15, -0.1) is 0 Å². The Morgan fingerprint density at radius 2 is 2.00 bits per heavy atom. The third-order valence-corrected chi connectivity index (χ3v) is 5.70. The average molecular weight is 321 g/mol. The van der Waals surface area contributed by atoms with E-state index >= 15 is 0 Å². The van der Waals surface area contributed by atoms with Crippen LogP contribution in [0.4, 0.5) is 5.69 Å². The molecule has 24 heavy (non-hydrogen) atoms. The smallest absolute Gasteiger partial charge is 0.0405 e. The zero-order valence-electron chi connectivity index (χ0n) is 14.8. The summed E-state index contributed by atoms with van der Waals surface area (Å²) < 4.78 is 0. The van der Waals surface area contributed by atoms with Crippen LogP contribution in [-0.2, 0) is 6.42 Å². The van der Waals surface area contributed by atoms with Crippen LogP contribution in [0.5, 0.6) is 0 Å². The number of fused-ring (bicyclic) bond motifs is 3. The van der Waals surface area contributed by atoms with Gasteiger partial charge in [-0.25, -0.2) is 0 Å². The van der Waals surface area contributed by atoms with Crippen LogP contribution in [0.2, 0.25) is 0 Å². The van der Waals surface area contributed by atoms with E-state index in [2.05, 4.69) is 59.1 Å². The minimum absolute atomic E-state index is 0.657. The Morgan fingerprint density at radius 1 is 1.17 bits per heavy atom. The van der Waals surface area contributed by atoms with Crippen molar-refractivity contribution in [3.63, 3.8) is 0 Å². The van der Waals surface area contributed by atoms with Crippen LogP contribution in [0.1, 0.15) is 35.4 Å². The molecule has 0 unspecified atom stereocenters. The summed E-state index contributed by atoms with van der Waals surface area (Å²) in [5, 5.41) is 0. The van der Waals surface area contributed by atoms with Gasteiger partial charge in [0.15, 0.2) is 0 Å². The van der Waals surface area contributed by atoms with Crippen LogP contribution in [-0.4, -0.2) is 42.6 Å². The summed E-state index contributed by atoms with van der Waals surface area (Å²) in [5.41, 5.74) is 5.81. The van der Waals surface area contributed by atoms with Gasteiger partial charge in [-0.1, -0.05) is 17.7 Å². The number of likely N-dealkylation sites (N-methyl/N-ethyl adjacent to an activating group) is 1. The van der Waals surface area contributed by atoms with Gasteiger partial charge in [0, 0.05) is 43.1 Å². The molecule has 3 heterocycles. The van der Waals surface area contributed by atoms with Crippen molar-refractivity contribution in [2.45, 2.75) is 38.1 Å². The quantitative estimate of drug-likeness (QED) is 0.860. The average Bonchev–Trinajstić information content (AvgIpc) is 2.73. The highest BCUT2D eigenvalue weighted by atomic mass is 15.2. The number of benzene rings is 1. The van der Waals surface area contributed by atoms with Crippen molar-refractivity contribution in [1.82, 2.24) is 9.88 Å². The predicted octanol–water partition coefficient (Wildman–Crippen LogP) is 3.63. The normalized spacial score (nSPS) is 23.7. The first-order chi connectivity index (χ1) is 11.7. The molecule has 0 amide bonds. The van der Waals surface area contributed by atoms with Gasteiger partial charge < -0.3 is 9.80 Å². The summed E-state index contributed by atoms with van der Waals surface area (Å²) in [4.78, 5) is 9.35. The molecule has 0 saturated carbocycles. The fourth-order valence-corrected chi connectivity index (χ4v) is 4.50. The molecule has 3 nitrogen and oxygen atoms in total. The number of hydrogen-bond donors (Lipinski definition) is 0. The van der Waals surface area contributed by atoms with Crippen molar-refractivity contribution in [3.8, 4) is 0 Å². The first-order valence-electron chi connectivity index (χ1n) is 9.17. The number of aryl methyl sites for hydroxylation is 1. The maximum atomic E-state index is 4.14. The van der Waals surface area contributed by atoms with E-state index in [1.165, 1.54) is 42.7 Å². The summed E-state index contributed by atoms with van der Waals surface area (Å²) in [5.74, 6) is 0.657. The van der Waals surface area contributed by atoms with Crippen molar-refractivity contribution < 1.29 is 0 Å². The Hall–Kier alpha value is -1.87. The highest BCUT2D eigenvalue weighted by molar-refractivity contribution is 5.63. The van der Waals surface area contributed by atoms with Crippen LogP contribution >= 0.6 is 0 Å². The van der Waals surface area contributed by atoms with E-state index in [-0.39, 0.29) is 0 Å². The molecule has 1 fully saturated rings. The molecule has 0 radical (unpaired) electrons. The fourth-order valence-electron chi connectivity index (χ4n) is 4.50. The van der Waals surface area contributed by atoms with Crippen LogP contribution in [0.3, 0.4) is 0 Å². The monoisotopic (exact) mass is 321 g/mol. The molecule has 0 aliphatic carbocycles. The lowest BCUT2D eigenvalue weighted by Crippen LogP contribution is -2.37. The second-order valence-electron chi connectivity index (χ2n) is 7.44. The molecule has 126 valence electrons. The van der Waals surface area contributed by atoms with Crippen molar-refractivity contribution in [1.29, 1.82) is 0 Å². The summed E-state index contributed by atoms with van der Waals surface area (Å²) in [6.45, 7) is 5.74. The molecular weight excluding hydrogens is 294 g/mol. The molecule has 1 aromatic heterocycles. The Morgan fingerprint density at radius 3 is 2.83 bits per heavy atom. The third kappa shape index (κ3) is 2.93. The molecule has 4 rings (SSSR count). The van der Waals surface area contributed by atoms with Crippen molar-refractivity contribution >= 4 is 5.69 Å². The Balaban J connectivity index is 1.63. The van der Waals surface area contributed by atoms with E-state index in [4.69, 9.17) is 0 Å².